The Bertz CT molecular complexity index is 859. The molecule has 0 bridgehead atoms. The molecule has 4 rings (SSSR count). The van der Waals surface area contributed by atoms with E-state index in [0.29, 0.717) is 16.1 Å². The van der Waals surface area contributed by atoms with E-state index in [1.54, 1.807) is 13.4 Å². The maximum Gasteiger partial charge on any atom is 0.200 e. The molecule has 0 saturated carbocycles. The summed E-state index contributed by atoms with van der Waals surface area (Å²) >= 11 is 3.38. The van der Waals surface area contributed by atoms with Crippen molar-refractivity contribution in [3.8, 4) is 5.75 Å². The fourth-order valence-electron chi connectivity index (χ4n) is 2.78. The van der Waals surface area contributed by atoms with Crippen molar-refractivity contribution in [3.63, 3.8) is 0 Å². The van der Waals surface area contributed by atoms with E-state index in [1.165, 1.54) is 0 Å². The lowest BCUT2D eigenvalue weighted by molar-refractivity contribution is 0.0592. The van der Waals surface area contributed by atoms with Crippen molar-refractivity contribution >= 4 is 38.6 Å². The number of halogens is 1. The van der Waals surface area contributed by atoms with Crippen LogP contribution in [0.15, 0.2) is 35.3 Å². The third-order valence-electron chi connectivity index (χ3n) is 3.96. The maximum absolute atomic E-state index is 5.74. The molecule has 1 fully saturated rings. The summed E-state index contributed by atoms with van der Waals surface area (Å²) in [5, 5.41) is 3.29. The molecule has 3 aromatic rings. The maximum atomic E-state index is 5.74. The Morgan fingerprint density at radius 3 is 2.83 bits per heavy atom. The predicted molar refractivity (Wildman–Crippen MR) is 93.5 cm³/mol. The highest BCUT2D eigenvalue weighted by atomic mass is 79.9. The molecular formula is C16H16BrN5O2. The third kappa shape index (κ3) is 2.83. The van der Waals surface area contributed by atoms with Gasteiger partial charge in [-0.3, -0.25) is 4.57 Å². The molecule has 1 aliphatic rings. The predicted octanol–water partition coefficient (Wildman–Crippen LogP) is 3.65. The fraction of sp³-hybridized carbons (Fsp3) is 0.312. The smallest absolute Gasteiger partial charge is 0.200 e. The fourth-order valence-corrected chi connectivity index (χ4v) is 3.12. The molecule has 24 heavy (non-hydrogen) atoms. The van der Waals surface area contributed by atoms with E-state index in [0.717, 1.165) is 36.5 Å². The second-order valence-electron chi connectivity index (χ2n) is 5.49. The number of hydrogen-bond acceptors (Lipinski definition) is 6. The molecular weight excluding hydrogens is 374 g/mol. The van der Waals surface area contributed by atoms with Gasteiger partial charge < -0.3 is 14.8 Å². The lowest BCUT2D eigenvalue weighted by Gasteiger charge is -2.12. The van der Waals surface area contributed by atoms with Crippen molar-refractivity contribution < 1.29 is 9.47 Å². The van der Waals surface area contributed by atoms with E-state index >= 15 is 0 Å². The van der Waals surface area contributed by atoms with Crippen molar-refractivity contribution in [2.45, 2.75) is 19.1 Å². The number of fused-ring (bicyclic) bond motifs is 1. The number of aromatic nitrogens is 4. The first kappa shape index (κ1) is 15.3. The van der Waals surface area contributed by atoms with Crippen molar-refractivity contribution in [2.75, 3.05) is 19.0 Å². The van der Waals surface area contributed by atoms with Gasteiger partial charge in [0.25, 0.3) is 0 Å². The van der Waals surface area contributed by atoms with Crippen LogP contribution in [-0.4, -0.2) is 33.2 Å². The number of imidazole rings is 1. The van der Waals surface area contributed by atoms with Crippen molar-refractivity contribution in [1.29, 1.82) is 0 Å². The van der Waals surface area contributed by atoms with Gasteiger partial charge >= 0.3 is 0 Å². The summed E-state index contributed by atoms with van der Waals surface area (Å²) in [7, 11) is 1.64. The van der Waals surface area contributed by atoms with E-state index in [9.17, 15) is 0 Å². The first-order valence-corrected chi connectivity index (χ1v) is 8.46. The van der Waals surface area contributed by atoms with Gasteiger partial charge in [-0.05, 0) is 53.0 Å². The van der Waals surface area contributed by atoms with Gasteiger partial charge in [0.1, 0.15) is 12.0 Å². The summed E-state index contributed by atoms with van der Waals surface area (Å²) in [6.45, 7) is 0.771. The van der Waals surface area contributed by atoms with Crippen molar-refractivity contribution in [2.24, 2.45) is 0 Å². The highest BCUT2D eigenvalue weighted by Crippen LogP contribution is 2.30. The van der Waals surface area contributed by atoms with Crippen LogP contribution in [0.5, 0.6) is 5.75 Å². The number of anilines is 2. The minimum Gasteiger partial charge on any atom is -0.497 e. The zero-order valence-electron chi connectivity index (χ0n) is 13.1. The third-order valence-corrected chi connectivity index (χ3v) is 4.32. The van der Waals surface area contributed by atoms with Gasteiger partial charge in [-0.1, -0.05) is 0 Å². The van der Waals surface area contributed by atoms with E-state index in [4.69, 9.17) is 9.47 Å². The Hall–Kier alpha value is -2.19. The highest BCUT2D eigenvalue weighted by Gasteiger charge is 2.22. The highest BCUT2D eigenvalue weighted by molar-refractivity contribution is 9.10. The molecule has 1 unspecified atom stereocenters. The summed E-state index contributed by atoms with van der Waals surface area (Å²) in [5.74, 6) is 1.45. The van der Waals surface area contributed by atoms with Crippen LogP contribution in [0.4, 0.5) is 11.5 Å². The van der Waals surface area contributed by atoms with Gasteiger partial charge in [0, 0.05) is 12.3 Å². The quantitative estimate of drug-likeness (QED) is 0.686. The van der Waals surface area contributed by atoms with Crippen LogP contribution >= 0.6 is 15.9 Å². The second-order valence-corrected chi connectivity index (χ2v) is 6.20. The molecule has 0 aliphatic carbocycles. The molecule has 0 spiro atoms. The largest absolute Gasteiger partial charge is 0.497 e. The van der Waals surface area contributed by atoms with Crippen LogP contribution in [0.2, 0.25) is 0 Å². The summed E-state index contributed by atoms with van der Waals surface area (Å²) in [5.41, 5.74) is 2.36. The van der Waals surface area contributed by atoms with Gasteiger partial charge in [-0.25, -0.2) is 15.0 Å². The first-order chi connectivity index (χ1) is 11.7. The lowest BCUT2D eigenvalue weighted by Crippen LogP contribution is -2.07. The molecule has 2 aromatic heterocycles. The van der Waals surface area contributed by atoms with Crippen LogP contribution in [0, 0.1) is 0 Å². The minimum absolute atomic E-state index is 0.00867. The number of rotatable bonds is 4. The first-order valence-electron chi connectivity index (χ1n) is 7.67. The van der Waals surface area contributed by atoms with Gasteiger partial charge in [-0.2, -0.15) is 0 Å². The van der Waals surface area contributed by atoms with Gasteiger partial charge in [0.15, 0.2) is 17.0 Å². The number of ether oxygens (including phenoxy) is 2. The molecule has 1 atom stereocenters. The number of methoxy groups -OCH3 is 1. The Morgan fingerprint density at radius 2 is 2.12 bits per heavy atom. The number of hydrogen-bond donors (Lipinski definition) is 1. The van der Waals surface area contributed by atoms with E-state index in [2.05, 4.69) is 36.2 Å². The van der Waals surface area contributed by atoms with E-state index in [-0.39, 0.29) is 6.23 Å². The van der Waals surface area contributed by atoms with Gasteiger partial charge in [0.05, 0.1) is 13.4 Å². The lowest BCUT2D eigenvalue weighted by atomic mass is 10.3. The second kappa shape index (κ2) is 6.37. The average molecular weight is 390 g/mol. The van der Waals surface area contributed by atoms with Gasteiger partial charge in [0.2, 0.25) is 4.73 Å². The van der Waals surface area contributed by atoms with E-state index in [1.807, 2.05) is 28.8 Å². The van der Waals surface area contributed by atoms with Crippen LogP contribution in [-0.2, 0) is 4.74 Å². The van der Waals surface area contributed by atoms with Crippen LogP contribution in [0.25, 0.3) is 11.2 Å². The summed E-state index contributed by atoms with van der Waals surface area (Å²) in [6.07, 6.45) is 3.77. The van der Waals surface area contributed by atoms with Crippen molar-refractivity contribution in [3.05, 3.63) is 35.3 Å². The summed E-state index contributed by atoms with van der Waals surface area (Å²) in [4.78, 5) is 13.4. The van der Waals surface area contributed by atoms with E-state index < -0.39 is 0 Å². The topological polar surface area (TPSA) is 74.1 Å². The zero-order valence-corrected chi connectivity index (χ0v) is 14.7. The van der Waals surface area contributed by atoms with Crippen LogP contribution in [0.3, 0.4) is 0 Å². The van der Waals surface area contributed by atoms with Gasteiger partial charge in [-0.15, -0.1) is 0 Å². The standard InChI is InChI=1S/C16H16BrN5O2/c1-23-11-6-4-10(5-7-11)19-14-13-15(21-16(17)20-14)22(9-18-13)12-3-2-8-24-12/h4-7,9,12H,2-3,8H2,1H3,(H,19,20,21). The number of nitrogens with zero attached hydrogens (tertiary/aromatic N) is 4. The van der Waals surface area contributed by atoms with Crippen LogP contribution in [0.1, 0.15) is 19.1 Å². The average Bonchev–Trinajstić information content (AvgIpc) is 3.24. The Labute approximate surface area is 147 Å². The SMILES string of the molecule is COc1ccc(Nc2nc(Br)nc3c2ncn3C2CCCO2)cc1. The Balaban J connectivity index is 1.71. The van der Waals surface area contributed by atoms with Crippen LogP contribution < -0.4 is 10.1 Å². The normalized spacial score (nSPS) is 17.3. The zero-order chi connectivity index (χ0) is 16.5. The molecule has 0 radical (unpaired) electrons. The summed E-state index contributed by atoms with van der Waals surface area (Å²) < 4.78 is 13.4. The number of nitrogens with one attached hydrogen (secondary N) is 1. The molecule has 1 saturated heterocycles. The monoisotopic (exact) mass is 389 g/mol. The molecule has 1 aromatic carbocycles. The molecule has 0 amide bonds. The summed E-state index contributed by atoms with van der Waals surface area (Å²) in [6, 6.07) is 7.64. The molecule has 124 valence electrons. The molecule has 7 nitrogen and oxygen atoms in total. The number of benzene rings is 1. The Kier molecular flexibility index (Phi) is 4.07. The molecule has 3 heterocycles. The molecule has 8 heteroatoms. The van der Waals surface area contributed by atoms with Crippen molar-refractivity contribution in [1.82, 2.24) is 19.5 Å². The molecule has 1 N–H and O–H groups in total. The Morgan fingerprint density at radius 1 is 1.29 bits per heavy atom. The molecule has 1 aliphatic heterocycles. The minimum atomic E-state index is -0.00867.